The minimum Gasteiger partial charge on any atom is -0.325 e. The van der Waals surface area contributed by atoms with Gasteiger partial charge in [0.05, 0.1) is 11.0 Å². The lowest BCUT2D eigenvalue weighted by Gasteiger charge is -2.22. The zero-order valence-electron chi connectivity index (χ0n) is 15.5. The molecular formula is C18H19N5O3S2. The van der Waals surface area contributed by atoms with E-state index in [1.807, 2.05) is 18.2 Å². The molecule has 0 atom stereocenters. The van der Waals surface area contributed by atoms with Crippen LogP contribution in [0.15, 0.2) is 60.0 Å². The summed E-state index contributed by atoms with van der Waals surface area (Å²) in [7, 11) is -3.71. The summed E-state index contributed by atoms with van der Waals surface area (Å²) in [5.41, 5.74) is 1.17. The summed E-state index contributed by atoms with van der Waals surface area (Å²) >= 11 is 1.02. The van der Waals surface area contributed by atoms with E-state index in [9.17, 15) is 13.2 Å². The minimum atomic E-state index is -3.71. The number of carbonyl (C=O) groups is 1. The van der Waals surface area contributed by atoms with Crippen LogP contribution in [-0.4, -0.2) is 44.5 Å². The van der Waals surface area contributed by atoms with Gasteiger partial charge in [-0.1, -0.05) is 30.0 Å². The minimum absolute atomic E-state index is 0.106. The maximum Gasteiger partial charge on any atom is 0.240 e. The van der Waals surface area contributed by atoms with Crippen molar-refractivity contribution < 1.29 is 13.2 Å². The van der Waals surface area contributed by atoms with Crippen molar-refractivity contribution in [1.82, 2.24) is 19.2 Å². The van der Waals surface area contributed by atoms with Gasteiger partial charge in [0.1, 0.15) is 0 Å². The normalized spacial score (nSPS) is 12.0. The van der Waals surface area contributed by atoms with Gasteiger partial charge < -0.3 is 5.32 Å². The van der Waals surface area contributed by atoms with Crippen LogP contribution in [0, 0.1) is 0 Å². The number of amides is 1. The maximum atomic E-state index is 12.7. The van der Waals surface area contributed by atoms with Gasteiger partial charge in [-0.05, 0) is 38.1 Å². The molecule has 0 aliphatic carbocycles. The van der Waals surface area contributed by atoms with Crippen molar-refractivity contribution in [2.24, 2.45) is 0 Å². The van der Waals surface area contributed by atoms with Crippen molar-refractivity contribution in [3.63, 3.8) is 0 Å². The van der Waals surface area contributed by atoms with Crippen molar-refractivity contribution in [3.05, 3.63) is 54.9 Å². The summed E-state index contributed by atoms with van der Waals surface area (Å²) in [6.45, 7) is 3.39. The van der Waals surface area contributed by atoms with Crippen molar-refractivity contribution in [2.75, 3.05) is 11.6 Å². The third-order valence-electron chi connectivity index (χ3n) is 3.77. The summed E-state index contributed by atoms with van der Waals surface area (Å²) in [4.78, 5) is 16.7. The number of rotatable bonds is 6. The highest BCUT2D eigenvalue weighted by molar-refractivity contribution is 8.01. The second-order valence-corrected chi connectivity index (χ2v) is 9.93. The Kier molecular flexibility index (Phi) is 5.52. The fourth-order valence-corrected chi connectivity index (χ4v) is 4.52. The lowest BCUT2D eigenvalue weighted by atomic mass is 10.2. The molecule has 3 rings (SSSR count). The van der Waals surface area contributed by atoms with E-state index < -0.39 is 14.8 Å². The zero-order chi connectivity index (χ0) is 20.4. The van der Waals surface area contributed by atoms with Gasteiger partial charge in [0.2, 0.25) is 21.1 Å². The average Bonchev–Trinajstić information content (AvgIpc) is 3.06. The van der Waals surface area contributed by atoms with Gasteiger partial charge in [-0.15, -0.1) is 10.2 Å². The molecule has 1 N–H and O–H groups in total. The Balaban J connectivity index is 1.93. The largest absolute Gasteiger partial charge is 0.325 e. The van der Waals surface area contributed by atoms with E-state index in [2.05, 4.69) is 20.5 Å². The Morgan fingerprint density at radius 3 is 2.43 bits per heavy atom. The highest BCUT2D eigenvalue weighted by atomic mass is 32.2. The van der Waals surface area contributed by atoms with Crippen molar-refractivity contribution in [2.45, 2.75) is 23.8 Å². The Labute approximate surface area is 167 Å². The highest BCUT2D eigenvalue weighted by Gasteiger charge is 2.33. The predicted octanol–water partition coefficient (Wildman–Crippen LogP) is 2.66. The van der Waals surface area contributed by atoms with Crippen LogP contribution in [0.25, 0.3) is 11.4 Å². The summed E-state index contributed by atoms with van der Waals surface area (Å²) in [6, 6.07) is 12.4. The monoisotopic (exact) mass is 417 g/mol. The first kappa shape index (κ1) is 20.0. The first-order valence-electron chi connectivity index (χ1n) is 8.30. The summed E-state index contributed by atoms with van der Waals surface area (Å²) in [6.07, 6.45) is 4.15. The van der Waals surface area contributed by atoms with Gasteiger partial charge in [0, 0.05) is 23.6 Å². The van der Waals surface area contributed by atoms with Gasteiger partial charge in [0.15, 0.2) is 5.82 Å². The Morgan fingerprint density at radius 2 is 1.82 bits per heavy atom. The van der Waals surface area contributed by atoms with E-state index >= 15 is 0 Å². The van der Waals surface area contributed by atoms with E-state index in [0.29, 0.717) is 11.3 Å². The zero-order valence-corrected chi connectivity index (χ0v) is 17.2. The molecule has 0 unspecified atom stereocenters. The SMILES string of the molecule is CC(C)(Sc1nnc(-c2cccnc2)n1S(C)(=O)=O)C(=O)Nc1ccccc1. The van der Waals surface area contributed by atoms with Crippen molar-refractivity contribution >= 4 is 33.4 Å². The predicted molar refractivity (Wildman–Crippen MR) is 109 cm³/mol. The molecule has 0 aliphatic rings. The van der Waals surface area contributed by atoms with Crippen LogP contribution < -0.4 is 5.32 Å². The molecule has 0 radical (unpaired) electrons. The highest BCUT2D eigenvalue weighted by Crippen LogP contribution is 2.35. The molecule has 146 valence electrons. The maximum absolute atomic E-state index is 12.7. The molecule has 0 spiro atoms. The molecular weight excluding hydrogens is 398 g/mol. The standard InChI is InChI=1S/C18H19N5O3S2/c1-18(2,16(24)20-14-9-5-4-6-10-14)27-17-22-21-15(23(17)28(3,25)26)13-8-7-11-19-12-13/h4-12H,1-3H3,(H,20,24). The van der Waals surface area contributed by atoms with Crippen LogP contribution in [0.4, 0.5) is 5.69 Å². The molecule has 10 heteroatoms. The second kappa shape index (κ2) is 7.72. The number of hydrogen-bond acceptors (Lipinski definition) is 7. The summed E-state index contributed by atoms with van der Waals surface area (Å²) < 4.78 is 24.8. The van der Waals surface area contributed by atoms with Crippen LogP contribution in [0.2, 0.25) is 0 Å². The number of thioether (sulfide) groups is 1. The number of carbonyl (C=O) groups excluding carboxylic acids is 1. The van der Waals surface area contributed by atoms with Crippen molar-refractivity contribution in [3.8, 4) is 11.4 Å². The molecule has 0 aliphatic heterocycles. The number of para-hydroxylation sites is 1. The van der Waals surface area contributed by atoms with Crippen LogP contribution >= 0.6 is 11.8 Å². The Bertz CT molecular complexity index is 1080. The number of benzene rings is 1. The van der Waals surface area contributed by atoms with E-state index in [1.54, 1.807) is 44.3 Å². The van der Waals surface area contributed by atoms with Crippen LogP contribution in [0.3, 0.4) is 0 Å². The first-order valence-corrected chi connectivity index (χ1v) is 11.0. The Hall–Kier alpha value is -2.72. The van der Waals surface area contributed by atoms with Crippen LogP contribution in [-0.2, 0) is 14.8 Å². The third-order valence-corrected chi connectivity index (χ3v) is 6.04. The van der Waals surface area contributed by atoms with E-state index in [4.69, 9.17) is 0 Å². The molecule has 0 saturated heterocycles. The molecule has 2 heterocycles. The molecule has 0 fully saturated rings. The summed E-state index contributed by atoms with van der Waals surface area (Å²) in [5.74, 6) is -0.132. The van der Waals surface area contributed by atoms with Gasteiger partial charge in [0.25, 0.3) is 0 Å². The van der Waals surface area contributed by atoms with E-state index in [1.165, 1.54) is 6.20 Å². The number of aromatic nitrogens is 4. The average molecular weight is 418 g/mol. The molecule has 1 amide bonds. The van der Waals surface area contributed by atoms with Gasteiger partial charge in [-0.2, -0.15) is 3.97 Å². The lowest BCUT2D eigenvalue weighted by molar-refractivity contribution is -0.117. The molecule has 8 nitrogen and oxygen atoms in total. The van der Waals surface area contributed by atoms with Crippen LogP contribution in [0.5, 0.6) is 0 Å². The second-order valence-electron chi connectivity index (χ2n) is 6.51. The molecule has 2 aromatic heterocycles. The van der Waals surface area contributed by atoms with E-state index in [0.717, 1.165) is 22.0 Å². The van der Waals surface area contributed by atoms with Gasteiger partial charge >= 0.3 is 0 Å². The topological polar surface area (TPSA) is 107 Å². The molecule has 0 saturated carbocycles. The number of nitrogens with one attached hydrogen (secondary N) is 1. The van der Waals surface area contributed by atoms with E-state index in [-0.39, 0.29) is 16.9 Å². The number of nitrogens with zero attached hydrogens (tertiary/aromatic N) is 4. The third kappa shape index (κ3) is 4.39. The lowest BCUT2D eigenvalue weighted by Crippen LogP contribution is -2.34. The number of hydrogen-bond donors (Lipinski definition) is 1. The van der Waals surface area contributed by atoms with Crippen molar-refractivity contribution in [1.29, 1.82) is 0 Å². The fraction of sp³-hybridized carbons (Fsp3) is 0.222. The summed E-state index contributed by atoms with van der Waals surface area (Å²) in [5, 5.41) is 11.0. The first-order chi connectivity index (χ1) is 13.2. The number of pyridine rings is 1. The molecule has 1 aromatic carbocycles. The van der Waals surface area contributed by atoms with Gasteiger partial charge in [-0.25, -0.2) is 8.42 Å². The quantitative estimate of drug-likeness (QED) is 0.614. The van der Waals surface area contributed by atoms with Gasteiger partial charge in [-0.3, -0.25) is 9.78 Å². The smallest absolute Gasteiger partial charge is 0.240 e. The molecule has 28 heavy (non-hydrogen) atoms. The number of anilines is 1. The molecule has 3 aromatic rings. The van der Waals surface area contributed by atoms with Crippen LogP contribution in [0.1, 0.15) is 13.8 Å². The Morgan fingerprint density at radius 1 is 1.11 bits per heavy atom. The molecule has 0 bridgehead atoms. The fourth-order valence-electron chi connectivity index (χ4n) is 2.37.